The maximum atomic E-state index is 8.31. The third-order valence-corrected chi connectivity index (χ3v) is 4.42. The molecule has 0 aliphatic heterocycles. The van der Waals surface area contributed by atoms with Gasteiger partial charge in [0, 0.05) is 0 Å². The quantitative estimate of drug-likeness (QED) is 0.144. The second kappa shape index (κ2) is 21.0. The predicted molar refractivity (Wildman–Crippen MR) is 102 cm³/mol. The Labute approximate surface area is 145 Å². The van der Waals surface area contributed by atoms with Crippen molar-refractivity contribution in [2.75, 3.05) is 0 Å². The number of hydrogen-bond acceptors (Lipinski definition) is 1. The summed E-state index contributed by atoms with van der Waals surface area (Å²) in [6.07, 6.45) is 29.5. The average molecular weight is 317 g/mol. The lowest BCUT2D eigenvalue weighted by Crippen LogP contribution is -1.83. The third kappa shape index (κ3) is 21.0. The average Bonchev–Trinajstić information content (AvgIpc) is 2.57. The first-order valence-corrected chi connectivity index (χ1v) is 9.99. The molecule has 0 atom stereocenters. The summed E-state index contributed by atoms with van der Waals surface area (Å²) in [6, 6.07) is 1.92. The third-order valence-electron chi connectivity index (χ3n) is 4.42. The van der Waals surface area contributed by atoms with E-state index >= 15 is 0 Å². The lowest BCUT2D eigenvalue weighted by molar-refractivity contribution is 0.531. The van der Waals surface area contributed by atoms with Crippen molar-refractivity contribution in [3.63, 3.8) is 0 Å². The van der Waals surface area contributed by atoms with Gasteiger partial charge in [0.15, 0.2) is 0 Å². The van der Waals surface area contributed by atoms with Gasteiger partial charge in [0.1, 0.15) is 6.07 Å². The highest BCUT2D eigenvalue weighted by Gasteiger charge is 1.94. The molecule has 0 aliphatic carbocycles. The summed E-state index contributed by atoms with van der Waals surface area (Å²) in [5, 5.41) is 8.31. The van der Waals surface area contributed by atoms with E-state index in [-0.39, 0.29) is 0 Å². The maximum absolute atomic E-state index is 8.31. The fraction of sp³-hybridized carbons (Fsp3) is 0.773. The molecule has 0 heterocycles. The van der Waals surface area contributed by atoms with E-state index < -0.39 is 0 Å². The van der Waals surface area contributed by atoms with Crippen LogP contribution in [0.2, 0.25) is 0 Å². The molecule has 0 aromatic rings. The Morgan fingerprint density at radius 2 is 0.913 bits per heavy atom. The molecular formula is C22H38N. The van der Waals surface area contributed by atoms with Gasteiger partial charge < -0.3 is 0 Å². The minimum Gasteiger partial charge on any atom is -0.192 e. The molecule has 1 heteroatoms. The molecule has 0 aliphatic rings. The number of hydrogen-bond donors (Lipinski definition) is 0. The SMILES string of the molecule is C=CCCCCCCCCCCCCCCCCCC=[C]C#N. The van der Waals surface area contributed by atoms with Gasteiger partial charge in [-0.05, 0) is 25.7 Å². The molecule has 131 valence electrons. The highest BCUT2D eigenvalue weighted by Crippen LogP contribution is 2.14. The van der Waals surface area contributed by atoms with Gasteiger partial charge in [-0.3, -0.25) is 0 Å². The molecule has 0 fully saturated rings. The second-order valence-corrected chi connectivity index (χ2v) is 6.63. The topological polar surface area (TPSA) is 23.8 Å². The van der Waals surface area contributed by atoms with Crippen LogP contribution in [0.1, 0.15) is 109 Å². The highest BCUT2D eigenvalue weighted by atomic mass is 14.2. The van der Waals surface area contributed by atoms with E-state index in [1.54, 1.807) is 0 Å². The Kier molecular flexibility index (Phi) is 20.0. The van der Waals surface area contributed by atoms with Crippen molar-refractivity contribution in [1.29, 1.82) is 5.26 Å². The second-order valence-electron chi connectivity index (χ2n) is 6.63. The van der Waals surface area contributed by atoms with Crippen molar-refractivity contribution in [3.05, 3.63) is 24.8 Å². The summed E-state index contributed by atoms with van der Waals surface area (Å²) in [7, 11) is 0. The Bertz CT molecular complexity index is 298. The summed E-state index contributed by atoms with van der Waals surface area (Å²) in [6.45, 7) is 3.76. The summed E-state index contributed by atoms with van der Waals surface area (Å²) < 4.78 is 0. The van der Waals surface area contributed by atoms with Crippen LogP contribution in [0, 0.1) is 17.4 Å². The van der Waals surface area contributed by atoms with E-state index in [4.69, 9.17) is 5.26 Å². The number of unbranched alkanes of at least 4 members (excludes halogenated alkanes) is 16. The molecule has 0 saturated heterocycles. The maximum Gasteiger partial charge on any atom is 0.100 e. The molecule has 23 heavy (non-hydrogen) atoms. The smallest absolute Gasteiger partial charge is 0.100 e. The van der Waals surface area contributed by atoms with E-state index in [0.29, 0.717) is 0 Å². The summed E-state index contributed by atoms with van der Waals surface area (Å²) in [4.78, 5) is 0. The van der Waals surface area contributed by atoms with E-state index in [9.17, 15) is 0 Å². The predicted octanol–water partition coefficient (Wildman–Crippen LogP) is 7.69. The van der Waals surface area contributed by atoms with Gasteiger partial charge >= 0.3 is 0 Å². The first-order valence-electron chi connectivity index (χ1n) is 9.99. The zero-order chi connectivity index (χ0) is 16.8. The fourth-order valence-electron chi connectivity index (χ4n) is 2.95. The number of nitriles is 1. The van der Waals surface area contributed by atoms with Crippen molar-refractivity contribution in [1.82, 2.24) is 0 Å². The molecule has 1 nitrogen and oxygen atoms in total. The first-order chi connectivity index (χ1) is 11.4. The van der Waals surface area contributed by atoms with Crippen LogP contribution in [0.4, 0.5) is 0 Å². The molecule has 0 unspecified atom stereocenters. The van der Waals surface area contributed by atoms with Gasteiger partial charge in [-0.25, -0.2) is 0 Å². The van der Waals surface area contributed by atoms with Crippen LogP contribution in [0.5, 0.6) is 0 Å². The molecule has 0 N–H and O–H groups in total. The molecule has 0 saturated carbocycles. The molecular weight excluding hydrogens is 278 g/mol. The summed E-state index contributed by atoms with van der Waals surface area (Å²) in [5.74, 6) is 0. The van der Waals surface area contributed by atoms with Crippen molar-refractivity contribution >= 4 is 0 Å². The Morgan fingerprint density at radius 1 is 0.565 bits per heavy atom. The van der Waals surface area contributed by atoms with Crippen LogP contribution in [0.15, 0.2) is 18.7 Å². The van der Waals surface area contributed by atoms with Gasteiger partial charge in [-0.15, -0.1) is 6.58 Å². The zero-order valence-electron chi connectivity index (χ0n) is 15.3. The molecule has 0 bridgehead atoms. The van der Waals surface area contributed by atoms with Gasteiger partial charge in [0.2, 0.25) is 0 Å². The first kappa shape index (κ1) is 22.0. The van der Waals surface area contributed by atoms with Crippen molar-refractivity contribution in [2.45, 2.75) is 109 Å². The van der Waals surface area contributed by atoms with Gasteiger partial charge in [0.25, 0.3) is 0 Å². The van der Waals surface area contributed by atoms with Crippen LogP contribution < -0.4 is 0 Å². The largest absolute Gasteiger partial charge is 0.192 e. The molecule has 0 amide bonds. The fourth-order valence-corrected chi connectivity index (χ4v) is 2.95. The van der Waals surface area contributed by atoms with Crippen LogP contribution >= 0.6 is 0 Å². The minimum absolute atomic E-state index is 1.02. The van der Waals surface area contributed by atoms with E-state index in [1.165, 1.54) is 103 Å². The van der Waals surface area contributed by atoms with Crippen LogP contribution in [-0.4, -0.2) is 0 Å². The standard InChI is InChI=1S/C22H38N/c1-2-3-4-5-6-7-8-9-10-11-12-13-14-15-16-17-18-19-20-21-22-23/h2,20H,1,3-19H2. The van der Waals surface area contributed by atoms with E-state index in [1.807, 2.05) is 18.2 Å². The van der Waals surface area contributed by atoms with Crippen LogP contribution in [0.3, 0.4) is 0 Å². The van der Waals surface area contributed by atoms with Crippen LogP contribution in [0.25, 0.3) is 0 Å². The number of allylic oxidation sites excluding steroid dienone is 3. The van der Waals surface area contributed by atoms with Gasteiger partial charge in [-0.2, -0.15) is 5.26 Å². The zero-order valence-corrected chi connectivity index (χ0v) is 15.3. The molecule has 0 aromatic carbocycles. The Morgan fingerprint density at radius 3 is 1.26 bits per heavy atom. The molecule has 0 spiro atoms. The van der Waals surface area contributed by atoms with Crippen LogP contribution in [-0.2, 0) is 0 Å². The normalized spacial score (nSPS) is 10.9. The Hall–Kier alpha value is -1.03. The monoisotopic (exact) mass is 316 g/mol. The van der Waals surface area contributed by atoms with Gasteiger partial charge in [-0.1, -0.05) is 95.6 Å². The highest BCUT2D eigenvalue weighted by molar-refractivity contribution is 4.91. The number of nitrogens with zero attached hydrogens (tertiary/aromatic N) is 1. The molecule has 1 radical (unpaired) electrons. The summed E-state index contributed by atoms with van der Waals surface area (Å²) in [5.41, 5.74) is 0. The van der Waals surface area contributed by atoms with Crippen molar-refractivity contribution in [3.8, 4) is 6.07 Å². The van der Waals surface area contributed by atoms with E-state index in [0.717, 1.165) is 6.42 Å². The Balaban J connectivity index is 2.99. The van der Waals surface area contributed by atoms with Gasteiger partial charge in [0.05, 0.1) is 6.08 Å². The van der Waals surface area contributed by atoms with E-state index in [2.05, 4.69) is 12.7 Å². The molecule has 0 rings (SSSR count). The number of rotatable bonds is 18. The lowest BCUT2D eigenvalue weighted by atomic mass is 10.0. The minimum atomic E-state index is 1.02. The summed E-state index contributed by atoms with van der Waals surface area (Å²) >= 11 is 0. The molecule has 0 aromatic heterocycles. The van der Waals surface area contributed by atoms with Crippen molar-refractivity contribution < 1.29 is 0 Å². The van der Waals surface area contributed by atoms with Crippen molar-refractivity contribution in [2.24, 2.45) is 0 Å². The lowest BCUT2D eigenvalue weighted by Gasteiger charge is -2.03.